The lowest BCUT2D eigenvalue weighted by atomic mass is 10.2. The number of hydrogen-bond donors (Lipinski definition) is 2. The first-order valence-corrected chi connectivity index (χ1v) is 8.13. The van der Waals surface area contributed by atoms with E-state index in [0.29, 0.717) is 0 Å². The zero-order chi connectivity index (χ0) is 17.1. The molecule has 0 saturated carbocycles. The molecule has 122 valence electrons. The Morgan fingerprint density at radius 1 is 1.23 bits per heavy atom. The van der Waals surface area contributed by atoms with Crippen LogP contribution in [0, 0.1) is 0 Å². The van der Waals surface area contributed by atoms with Crippen LogP contribution in [0.3, 0.4) is 0 Å². The Bertz CT molecular complexity index is 670. The van der Waals surface area contributed by atoms with E-state index in [2.05, 4.69) is 5.32 Å². The molecule has 0 aliphatic heterocycles. The number of carboxylic acid groups (broad SMARTS) is 1. The number of nitrogens with zero attached hydrogens (tertiary/aromatic N) is 1. The molecule has 0 saturated heterocycles. The SMILES string of the molecule is CC(C)N(C)S(=O)(=O)c1cccc(C(=O)N[C@@H](C)C(=O)O)c1. The molecule has 0 aliphatic rings. The van der Waals surface area contributed by atoms with Gasteiger partial charge in [-0.2, -0.15) is 4.31 Å². The van der Waals surface area contributed by atoms with Gasteiger partial charge in [0.2, 0.25) is 10.0 Å². The normalized spacial score (nSPS) is 13.2. The summed E-state index contributed by atoms with van der Waals surface area (Å²) in [7, 11) is -2.24. The molecule has 1 amide bonds. The molecule has 7 nitrogen and oxygen atoms in total. The average molecular weight is 328 g/mol. The number of amides is 1. The van der Waals surface area contributed by atoms with E-state index in [1.54, 1.807) is 13.8 Å². The predicted octanol–water partition coefficient (Wildman–Crippen LogP) is 0.918. The van der Waals surface area contributed by atoms with E-state index in [9.17, 15) is 18.0 Å². The van der Waals surface area contributed by atoms with Crippen LogP contribution in [0.25, 0.3) is 0 Å². The Kier molecular flexibility index (Phi) is 5.67. The highest BCUT2D eigenvalue weighted by Crippen LogP contribution is 2.17. The molecule has 0 spiro atoms. The van der Waals surface area contributed by atoms with Crippen LogP contribution in [-0.2, 0) is 14.8 Å². The van der Waals surface area contributed by atoms with Gasteiger partial charge in [0.05, 0.1) is 4.90 Å². The van der Waals surface area contributed by atoms with Crippen molar-refractivity contribution in [1.29, 1.82) is 0 Å². The van der Waals surface area contributed by atoms with Crippen LogP contribution in [0.5, 0.6) is 0 Å². The molecule has 0 fully saturated rings. The van der Waals surface area contributed by atoms with Crippen molar-refractivity contribution in [2.45, 2.75) is 37.8 Å². The standard InChI is InChI=1S/C14H20N2O5S/c1-9(2)16(4)22(20,21)12-7-5-6-11(8-12)13(17)15-10(3)14(18)19/h5-10H,1-4H3,(H,15,17)(H,18,19)/t10-/m0/s1. The highest BCUT2D eigenvalue weighted by Gasteiger charge is 2.24. The fourth-order valence-electron chi connectivity index (χ4n) is 1.58. The minimum Gasteiger partial charge on any atom is -0.480 e. The Morgan fingerprint density at radius 3 is 2.32 bits per heavy atom. The summed E-state index contributed by atoms with van der Waals surface area (Å²) in [6.45, 7) is 4.80. The Hall–Kier alpha value is -1.93. The topological polar surface area (TPSA) is 104 Å². The van der Waals surface area contributed by atoms with Gasteiger partial charge in [-0.3, -0.25) is 9.59 Å². The molecule has 1 aromatic carbocycles. The van der Waals surface area contributed by atoms with Crippen LogP contribution in [0.2, 0.25) is 0 Å². The number of hydrogen-bond acceptors (Lipinski definition) is 4. The van der Waals surface area contributed by atoms with E-state index in [0.717, 1.165) is 0 Å². The van der Waals surface area contributed by atoms with Crippen molar-refractivity contribution in [3.63, 3.8) is 0 Å². The lowest BCUT2D eigenvalue weighted by molar-refractivity contribution is -0.138. The van der Waals surface area contributed by atoms with Gasteiger partial charge in [-0.1, -0.05) is 6.07 Å². The van der Waals surface area contributed by atoms with Crippen LogP contribution < -0.4 is 5.32 Å². The van der Waals surface area contributed by atoms with Crippen molar-refractivity contribution >= 4 is 21.9 Å². The largest absolute Gasteiger partial charge is 0.480 e. The molecule has 22 heavy (non-hydrogen) atoms. The van der Waals surface area contributed by atoms with E-state index >= 15 is 0 Å². The van der Waals surface area contributed by atoms with Crippen LogP contribution >= 0.6 is 0 Å². The van der Waals surface area contributed by atoms with Gasteiger partial charge in [0.25, 0.3) is 5.91 Å². The van der Waals surface area contributed by atoms with Crippen molar-refractivity contribution in [2.75, 3.05) is 7.05 Å². The number of carboxylic acids is 1. The summed E-state index contributed by atoms with van der Waals surface area (Å²) >= 11 is 0. The quantitative estimate of drug-likeness (QED) is 0.808. The van der Waals surface area contributed by atoms with E-state index in [1.165, 1.54) is 42.5 Å². The maximum absolute atomic E-state index is 12.4. The van der Waals surface area contributed by atoms with Gasteiger partial charge < -0.3 is 10.4 Å². The number of rotatable bonds is 6. The van der Waals surface area contributed by atoms with Crippen molar-refractivity contribution in [3.05, 3.63) is 29.8 Å². The fraction of sp³-hybridized carbons (Fsp3) is 0.429. The van der Waals surface area contributed by atoms with E-state index < -0.39 is 27.9 Å². The highest BCUT2D eigenvalue weighted by molar-refractivity contribution is 7.89. The van der Waals surface area contributed by atoms with Gasteiger partial charge in [-0.15, -0.1) is 0 Å². The molecule has 8 heteroatoms. The van der Waals surface area contributed by atoms with Crippen LogP contribution in [0.15, 0.2) is 29.2 Å². The van der Waals surface area contributed by atoms with E-state index in [1.807, 2.05) is 0 Å². The van der Waals surface area contributed by atoms with E-state index in [4.69, 9.17) is 5.11 Å². The second-order valence-electron chi connectivity index (χ2n) is 5.18. The van der Waals surface area contributed by atoms with Crippen molar-refractivity contribution in [1.82, 2.24) is 9.62 Å². The second-order valence-corrected chi connectivity index (χ2v) is 7.17. The lowest BCUT2D eigenvalue weighted by Crippen LogP contribution is -2.38. The molecular formula is C14H20N2O5S. The monoisotopic (exact) mass is 328 g/mol. The van der Waals surface area contributed by atoms with Crippen LogP contribution in [0.1, 0.15) is 31.1 Å². The highest BCUT2D eigenvalue weighted by atomic mass is 32.2. The maximum atomic E-state index is 12.4. The summed E-state index contributed by atoms with van der Waals surface area (Å²) < 4.78 is 26.0. The summed E-state index contributed by atoms with van der Waals surface area (Å²) in [6.07, 6.45) is 0. The molecule has 1 aromatic rings. The van der Waals surface area contributed by atoms with Crippen molar-refractivity contribution in [3.8, 4) is 0 Å². The zero-order valence-corrected chi connectivity index (χ0v) is 13.7. The smallest absolute Gasteiger partial charge is 0.325 e. The molecule has 0 aromatic heterocycles. The summed E-state index contributed by atoms with van der Waals surface area (Å²) in [6, 6.07) is 4.21. The summed E-state index contributed by atoms with van der Waals surface area (Å²) in [5.41, 5.74) is 0.0892. The molecule has 0 heterocycles. The number of nitrogens with one attached hydrogen (secondary N) is 1. The molecular weight excluding hydrogens is 308 g/mol. The Balaban J connectivity index is 3.10. The van der Waals surface area contributed by atoms with Crippen molar-refractivity contribution < 1.29 is 23.1 Å². The second kappa shape index (κ2) is 6.89. The Labute approximate surface area is 130 Å². The number of sulfonamides is 1. The lowest BCUT2D eigenvalue weighted by Gasteiger charge is -2.21. The molecule has 0 bridgehead atoms. The predicted molar refractivity (Wildman–Crippen MR) is 81.1 cm³/mol. The first-order chi connectivity index (χ1) is 10.1. The van der Waals surface area contributed by atoms with Gasteiger partial charge in [0.1, 0.15) is 6.04 Å². The third kappa shape index (κ3) is 4.05. The van der Waals surface area contributed by atoms with E-state index in [-0.39, 0.29) is 16.5 Å². The summed E-state index contributed by atoms with van der Waals surface area (Å²) in [5, 5.41) is 11.1. The average Bonchev–Trinajstić information content (AvgIpc) is 2.46. The maximum Gasteiger partial charge on any atom is 0.325 e. The molecule has 1 atom stereocenters. The first-order valence-electron chi connectivity index (χ1n) is 6.69. The van der Waals surface area contributed by atoms with Gasteiger partial charge >= 0.3 is 5.97 Å². The first kappa shape index (κ1) is 18.1. The number of aliphatic carboxylic acids is 1. The van der Waals surface area contributed by atoms with Crippen LogP contribution in [-0.4, -0.2) is 48.8 Å². The fourth-order valence-corrected chi connectivity index (χ4v) is 3.00. The van der Waals surface area contributed by atoms with Gasteiger partial charge in [0.15, 0.2) is 0 Å². The minimum atomic E-state index is -3.70. The number of carbonyl (C=O) groups is 2. The number of carbonyl (C=O) groups excluding carboxylic acids is 1. The summed E-state index contributed by atoms with van der Waals surface area (Å²) in [5.74, 6) is -1.81. The van der Waals surface area contributed by atoms with Gasteiger partial charge in [-0.05, 0) is 39.0 Å². The molecule has 0 unspecified atom stereocenters. The zero-order valence-electron chi connectivity index (χ0n) is 12.9. The van der Waals surface area contributed by atoms with Gasteiger partial charge in [-0.25, -0.2) is 8.42 Å². The third-order valence-corrected chi connectivity index (χ3v) is 5.25. The molecule has 0 radical (unpaired) electrons. The molecule has 2 N–H and O–H groups in total. The third-order valence-electron chi connectivity index (χ3n) is 3.22. The molecule has 0 aliphatic carbocycles. The van der Waals surface area contributed by atoms with Crippen LogP contribution in [0.4, 0.5) is 0 Å². The molecule has 1 rings (SSSR count). The minimum absolute atomic E-state index is 0.0145. The summed E-state index contributed by atoms with van der Waals surface area (Å²) in [4.78, 5) is 22.7. The Morgan fingerprint density at radius 2 is 1.82 bits per heavy atom. The number of benzene rings is 1. The van der Waals surface area contributed by atoms with Gasteiger partial charge in [0, 0.05) is 18.7 Å². The van der Waals surface area contributed by atoms with Crippen molar-refractivity contribution in [2.24, 2.45) is 0 Å².